The van der Waals surface area contributed by atoms with Gasteiger partial charge in [0.15, 0.2) is 5.58 Å². The van der Waals surface area contributed by atoms with Crippen molar-refractivity contribution in [2.45, 2.75) is 33.9 Å². The molecule has 1 atom stereocenters. The summed E-state index contributed by atoms with van der Waals surface area (Å²) < 4.78 is 23.3. The third kappa shape index (κ3) is 2.14. The number of nitrogens with zero attached hydrogens (tertiary/aromatic N) is 2. The molecule has 1 aliphatic rings. The lowest BCUT2D eigenvalue weighted by Crippen LogP contribution is -2.38. The quantitative estimate of drug-likeness (QED) is 0.406. The first-order valence-electron chi connectivity index (χ1n) is 10.4. The summed E-state index contributed by atoms with van der Waals surface area (Å²) in [7, 11) is 0. The van der Waals surface area contributed by atoms with E-state index in [9.17, 15) is 0 Å². The molecule has 3 heteroatoms. The highest BCUT2D eigenvalue weighted by molar-refractivity contribution is 6.11. The van der Waals surface area contributed by atoms with Gasteiger partial charge in [-0.1, -0.05) is 42.5 Å². The fraction of sp³-hybridized carbons (Fsp3) is 0.250. The maximum absolute atomic E-state index is 8.42. The Bertz CT molecular complexity index is 1260. The van der Waals surface area contributed by atoms with Crippen molar-refractivity contribution in [2.24, 2.45) is 0 Å². The van der Waals surface area contributed by atoms with Crippen LogP contribution in [0.25, 0.3) is 21.9 Å². The molecule has 5 rings (SSSR count). The van der Waals surface area contributed by atoms with Crippen LogP contribution in [0.5, 0.6) is 0 Å². The van der Waals surface area contributed by atoms with E-state index >= 15 is 0 Å². The first-order chi connectivity index (χ1) is 13.8. The number of hydrogen-bond donors (Lipinski definition) is 0. The number of rotatable bonds is 2. The lowest BCUT2D eigenvalue weighted by molar-refractivity contribution is 0.653. The van der Waals surface area contributed by atoms with Crippen molar-refractivity contribution in [2.75, 3.05) is 16.3 Å². The molecule has 0 bridgehead atoms. The third-order valence-electron chi connectivity index (χ3n) is 5.67. The zero-order chi connectivity index (χ0) is 20.5. The maximum atomic E-state index is 8.42. The Kier molecular flexibility index (Phi) is 3.03. The van der Waals surface area contributed by atoms with Gasteiger partial charge in [0, 0.05) is 20.0 Å². The van der Waals surface area contributed by atoms with Gasteiger partial charge in [-0.2, -0.15) is 0 Å². The average molecular weight is 358 g/mol. The maximum Gasteiger partial charge on any atom is 0.159 e. The molecule has 0 saturated heterocycles. The van der Waals surface area contributed by atoms with Crippen LogP contribution in [-0.4, -0.2) is 12.7 Å². The van der Waals surface area contributed by atoms with Crippen molar-refractivity contribution in [3.05, 3.63) is 65.7 Å². The van der Waals surface area contributed by atoms with Crippen LogP contribution >= 0.6 is 0 Å². The van der Waals surface area contributed by atoms with Crippen LogP contribution in [0.4, 0.5) is 17.1 Å². The molecule has 1 aliphatic heterocycles. The SMILES string of the molecule is [2H]C([2H])(C)N1c2ccccc2N(c2c(C)ccc3c2oc2c(C)cccc23)[C@@H]1C. The number of para-hydroxylation sites is 3. The lowest BCUT2D eigenvalue weighted by Gasteiger charge is -2.30. The molecule has 3 nitrogen and oxygen atoms in total. The number of hydrogen-bond acceptors (Lipinski definition) is 3. The van der Waals surface area contributed by atoms with E-state index < -0.39 is 6.50 Å². The van der Waals surface area contributed by atoms with E-state index in [0.29, 0.717) is 0 Å². The number of benzene rings is 3. The zero-order valence-electron chi connectivity index (χ0n) is 18.1. The summed E-state index contributed by atoms with van der Waals surface area (Å²) in [6, 6.07) is 18.5. The van der Waals surface area contributed by atoms with Crippen LogP contribution < -0.4 is 9.80 Å². The van der Waals surface area contributed by atoms with Crippen molar-refractivity contribution < 1.29 is 7.16 Å². The van der Waals surface area contributed by atoms with Crippen LogP contribution in [0.3, 0.4) is 0 Å². The van der Waals surface area contributed by atoms with E-state index in [-0.39, 0.29) is 6.17 Å². The van der Waals surface area contributed by atoms with Crippen molar-refractivity contribution in [3.8, 4) is 0 Å². The van der Waals surface area contributed by atoms with Gasteiger partial charge in [-0.25, -0.2) is 0 Å². The minimum atomic E-state index is -1.49. The van der Waals surface area contributed by atoms with Crippen molar-refractivity contribution >= 4 is 39.0 Å². The summed E-state index contributed by atoms with van der Waals surface area (Å²) in [6.45, 7) is 6.33. The zero-order valence-corrected chi connectivity index (χ0v) is 16.1. The molecule has 0 radical (unpaired) electrons. The highest BCUT2D eigenvalue weighted by atomic mass is 16.3. The summed E-state index contributed by atoms with van der Waals surface area (Å²) in [5.74, 6) is 0. The Hall–Kier alpha value is -2.94. The molecule has 0 amide bonds. The normalized spacial score (nSPS) is 18.1. The second kappa shape index (κ2) is 5.78. The molecule has 3 aromatic carbocycles. The van der Waals surface area contributed by atoms with Crippen LogP contribution in [0, 0.1) is 13.8 Å². The van der Waals surface area contributed by atoms with E-state index in [1.807, 2.05) is 30.0 Å². The van der Waals surface area contributed by atoms with Gasteiger partial charge in [0.1, 0.15) is 11.7 Å². The number of anilines is 3. The predicted octanol–water partition coefficient (Wildman–Crippen LogP) is 6.53. The second-order valence-electron chi connectivity index (χ2n) is 7.25. The van der Waals surface area contributed by atoms with Gasteiger partial charge in [0.05, 0.1) is 17.1 Å². The molecule has 1 aromatic heterocycles. The summed E-state index contributed by atoms with van der Waals surface area (Å²) in [5, 5.41) is 2.20. The van der Waals surface area contributed by atoms with Gasteiger partial charge in [-0.3, -0.25) is 0 Å². The Morgan fingerprint density at radius 1 is 0.889 bits per heavy atom. The van der Waals surface area contributed by atoms with Gasteiger partial charge in [0.2, 0.25) is 0 Å². The predicted molar refractivity (Wildman–Crippen MR) is 114 cm³/mol. The number of fused-ring (bicyclic) bond motifs is 4. The minimum absolute atomic E-state index is 0.189. The molecule has 0 saturated carbocycles. The molecule has 136 valence electrons. The van der Waals surface area contributed by atoms with E-state index in [0.717, 1.165) is 50.1 Å². The molecule has 0 aliphatic carbocycles. The Morgan fingerprint density at radius 3 is 2.41 bits per heavy atom. The van der Waals surface area contributed by atoms with Crippen LogP contribution in [0.2, 0.25) is 0 Å². The summed E-state index contributed by atoms with van der Waals surface area (Å²) in [5.41, 5.74) is 6.89. The topological polar surface area (TPSA) is 19.6 Å². The van der Waals surface area contributed by atoms with Crippen molar-refractivity contribution in [1.82, 2.24) is 0 Å². The minimum Gasteiger partial charge on any atom is -0.454 e. The van der Waals surface area contributed by atoms with E-state index in [1.54, 1.807) is 6.92 Å². The Balaban J connectivity index is 1.83. The first kappa shape index (κ1) is 14.2. The van der Waals surface area contributed by atoms with Crippen LogP contribution in [0.15, 0.2) is 59.0 Å². The Labute approximate surface area is 162 Å². The number of furan rings is 1. The molecule has 0 unspecified atom stereocenters. The second-order valence-corrected chi connectivity index (χ2v) is 7.25. The van der Waals surface area contributed by atoms with Gasteiger partial charge in [-0.05, 0) is 51.0 Å². The molecule has 2 heterocycles. The molecular formula is C24H24N2O. The fourth-order valence-corrected chi connectivity index (χ4v) is 4.39. The van der Waals surface area contributed by atoms with E-state index in [1.165, 1.54) is 0 Å². The summed E-state index contributed by atoms with van der Waals surface area (Å²) >= 11 is 0. The van der Waals surface area contributed by atoms with Crippen LogP contribution in [0.1, 0.15) is 27.7 Å². The molecule has 0 N–H and O–H groups in total. The van der Waals surface area contributed by atoms with Gasteiger partial charge in [0.25, 0.3) is 0 Å². The number of aryl methyl sites for hydroxylation is 2. The van der Waals surface area contributed by atoms with Crippen LogP contribution in [-0.2, 0) is 0 Å². The molecule has 4 aromatic rings. The van der Waals surface area contributed by atoms with E-state index in [4.69, 9.17) is 7.16 Å². The van der Waals surface area contributed by atoms with Gasteiger partial charge < -0.3 is 14.2 Å². The molecule has 27 heavy (non-hydrogen) atoms. The lowest BCUT2D eigenvalue weighted by atomic mass is 10.1. The monoisotopic (exact) mass is 358 g/mol. The summed E-state index contributed by atoms with van der Waals surface area (Å²) in [4.78, 5) is 4.06. The average Bonchev–Trinajstić information content (AvgIpc) is 3.18. The molecule has 0 spiro atoms. The first-order valence-corrected chi connectivity index (χ1v) is 9.38. The largest absolute Gasteiger partial charge is 0.454 e. The highest BCUT2D eigenvalue weighted by Crippen LogP contribution is 2.48. The molecule has 0 fully saturated rings. The summed E-state index contributed by atoms with van der Waals surface area (Å²) in [6.07, 6.45) is -0.189. The van der Waals surface area contributed by atoms with Gasteiger partial charge in [-0.15, -0.1) is 0 Å². The highest BCUT2D eigenvalue weighted by Gasteiger charge is 2.35. The van der Waals surface area contributed by atoms with Gasteiger partial charge >= 0.3 is 0 Å². The fourth-order valence-electron chi connectivity index (χ4n) is 4.39. The smallest absolute Gasteiger partial charge is 0.159 e. The third-order valence-corrected chi connectivity index (χ3v) is 5.67. The molecular weight excluding hydrogens is 332 g/mol. The van der Waals surface area contributed by atoms with E-state index in [2.05, 4.69) is 55.1 Å². The van der Waals surface area contributed by atoms with Crippen molar-refractivity contribution in [1.29, 1.82) is 0 Å². The van der Waals surface area contributed by atoms with Crippen molar-refractivity contribution in [3.63, 3.8) is 0 Å². The Morgan fingerprint density at radius 2 is 1.63 bits per heavy atom. The standard InChI is InChI=1S/C24H24N2O/c1-5-25-17(4)26(21-12-7-6-11-20(21)25)22-15(2)13-14-19-18-10-8-9-16(3)23(18)27-24(19)22/h6-14,17H,5H2,1-4H3/t17-/m1/s1/i5D2.